The summed E-state index contributed by atoms with van der Waals surface area (Å²) in [6.45, 7) is 2.08. The number of rotatable bonds is 4. The van der Waals surface area contributed by atoms with Crippen LogP contribution < -0.4 is 4.72 Å². The molecule has 1 heterocycles. The first-order chi connectivity index (χ1) is 11.0. The van der Waals surface area contributed by atoms with E-state index in [9.17, 15) is 8.42 Å². The van der Waals surface area contributed by atoms with Gasteiger partial charge in [-0.3, -0.25) is 4.98 Å². The topological polar surface area (TPSA) is 59.1 Å². The Balaban J connectivity index is 1.87. The van der Waals surface area contributed by atoms with Gasteiger partial charge in [-0.1, -0.05) is 34.1 Å². The highest BCUT2D eigenvalue weighted by molar-refractivity contribution is 9.10. The Morgan fingerprint density at radius 2 is 1.91 bits per heavy atom. The van der Waals surface area contributed by atoms with Gasteiger partial charge in [0.2, 0.25) is 10.0 Å². The number of benzene rings is 2. The van der Waals surface area contributed by atoms with Gasteiger partial charge >= 0.3 is 0 Å². The number of aryl methyl sites for hydroxylation is 1. The lowest BCUT2D eigenvalue weighted by Gasteiger charge is -2.10. The van der Waals surface area contributed by atoms with Gasteiger partial charge in [0.1, 0.15) is 0 Å². The van der Waals surface area contributed by atoms with E-state index in [0.717, 1.165) is 26.5 Å². The van der Waals surface area contributed by atoms with E-state index in [0.29, 0.717) is 0 Å². The molecular weight excluding hydrogens is 376 g/mol. The number of aromatic nitrogens is 1. The van der Waals surface area contributed by atoms with E-state index in [1.54, 1.807) is 24.4 Å². The Morgan fingerprint density at radius 3 is 2.70 bits per heavy atom. The van der Waals surface area contributed by atoms with Gasteiger partial charge in [0.05, 0.1) is 10.4 Å². The molecule has 0 aliphatic rings. The number of sulfonamides is 1. The summed E-state index contributed by atoms with van der Waals surface area (Å²) in [5.41, 5.74) is 2.62. The van der Waals surface area contributed by atoms with Gasteiger partial charge in [-0.25, -0.2) is 13.1 Å². The number of pyridine rings is 1. The maximum absolute atomic E-state index is 12.5. The minimum Gasteiger partial charge on any atom is -0.256 e. The average Bonchev–Trinajstić information content (AvgIpc) is 2.55. The molecule has 3 aromatic rings. The van der Waals surface area contributed by atoms with Crippen LogP contribution in [-0.4, -0.2) is 13.4 Å². The predicted octanol–water partition coefficient (Wildman–Crippen LogP) is 3.78. The summed E-state index contributed by atoms with van der Waals surface area (Å²) in [5.74, 6) is 0. The summed E-state index contributed by atoms with van der Waals surface area (Å²) in [6, 6.07) is 14.5. The van der Waals surface area contributed by atoms with Crippen molar-refractivity contribution in [2.45, 2.75) is 18.4 Å². The molecular formula is C17H15BrN2O2S. The maximum Gasteiger partial charge on any atom is 0.240 e. The van der Waals surface area contributed by atoms with Crippen LogP contribution in [0.5, 0.6) is 0 Å². The molecule has 0 saturated heterocycles. The molecule has 4 nitrogen and oxygen atoms in total. The second-order valence-electron chi connectivity index (χ2n) is 5.22. The van der Waals surface area contributed by atoms with Crippen molar-refractivity contribution >= 4 is 36.9 Å². The van der Waals surface area contributed by atoms with Crippen LogP contribution in [-0.2, 0) is 16.6 Å². The number of para-hydroxylation sites is 1. The van der Waals surface area contributed by atoms with E-state index in [4.69, 9.17) is 0 Å². The highest BCUT2D eigenvalue weighted by Gasteiger charge is 2.15. The van der Waals surface area contributed by atoms with E-state index >= 15 is 0 Å². The van der Waals surface area contributed by atoms with E-state index in [-0.39, 0.29) is 11.4 Å². The Bertz CT molecular complexity index is 966. The zero-order chi connectivity index (χ0) is 16.4. The highest BCUT2D eigenvalue weighted by atomic mass is 79.9. The number of nitrogens with one attached hydrogen (secondary N) is 1. The fourth-order valence-corrected chi connectivity index (χ4v) is 3.69. The number of fused-ring (bicyclic) bond motifs is 1. The molecule has 1 aromatic heterocycles. The van der Waals surface area contributed by atoms with Crippen molar-refractivity contribution in [2.24, 2.45) is 0 Å². The minimum absolute atomic E-state index is 0.223. The van der Waals surface area contributed by atoms with Crippen LogP contribution in [0.15, 0.2) is 64.1 Å². The summed E-state index contributed by atoms with van der Waals surface area (Å²) in [4.78, 5) is 4.54. The quantitative estimate of drug-likeness (QED) is 0.736. The van der Waals surface area contributed by atoms with Gasteiger partial charge < -0.3 is 0 Å². The number of hydrogen-bond acceptors (Lipinski definition) is 3. The van der Waals surface area contributed by atoms with Gasteiger partial charge in [0.15, 0.2) is 0 Å². The Hall–Kier alpha value is -1.76. The van der Waals surface area contributed by atoms with E-state index in [1.807, 2.05) is 37.3 Å². The van der Waals surface area contributed by atoms with Crippen LogP contribution >= 0.6 is 15.9 Å². The van der Waals surface area contributed by atoms with E-state index in [1.165, 1.54) is 0 Å². The maximum atomic E-state index is 12.5. The highest BCUT2D eigenvalue weighted by Crippen LogP contribution is 2.21. The van der Waals surface area contributed by atoms with Gasteiger partial charge in [0.25, 0.3) is 0 Å². The molecule has 0 fully saturated rings. The zero-order valence-electron chi connectivity index (χ0n) is 12.5. The molecule has 118 valence electrons. The summed E-state index contributed by atoms with van der Waals surface area (Å²) in [5, 5.41) is 0.949. The molecule has 0 radical (unpaired) electrons. The first kappa shape index (κ1) is 16.1. The summed E-state index contributed by atoms with van der Waals surface area (Å²) >= 11 is 3.38. The monoisotopic (exact) mass is 390 g/mol. The Kier molecular flexibility index (Phi) is 4.48. The lowest BCUT2D eigenvalue weighted by atomic mass is 10.1. The molecule has 3 rings (SSSR count). The third-order valence-electron chi connectivity index (χ3n) is 3.63. The number of hydrogen-bond donors (Lipinski definition) is 1. The third kappa shape index (κ3) is 3.44. The van der Waals surface area contributed by atoms with Gasteiger partial charge in [-0.2, -0.15) is 0 Å². The van der Waals surface area contributed by atoms with Crippen LogP contribution in [0.2, 0.25) is 0 Å². The van der Waals surface area contributed by atoms with Gasteiger partial charge in [0, 0.05) is 22.6 Å². The van der Waals surface area contributed by atoms with Gasteiger partial charge in [-0.15, -0.1) is 0 Å². The van der Waals surface area contributed by atoms with Crippen LogP contribution in [0.4, 0.5) is 0 Å². The van der Waals surface area contributed by atoms with Crippen molar-refractivity contribution in [1.82, 2.24) is 9.71 Å². The molecule has 0 atom stereocenters. The summed E-state index contributed by atoms with van der Waals surface area (Å²) < 4.78 is 28.5. The summed E-state index contributed by atoms with van der Waals surface area (Å²) in [6.07, 6.45) is 1.69. The SMILES string of the molecule is Cc1cc(S(=O)(=O)NCc2ccnc3ccccc23)ccc1Br. The van der Waals surface area contributed by atoms with Crippen molar-refractivity contribution in [3.05, 3.63) is 70.3 Å². The molecule has 2 aromatic carbocycles. The molecule has 0 saturated carbocycles. The number of halogens is 1. The van der Waals surface area contributed by atoms with Crippen LogP contribution in [0.25, 0.3) is 10.9 Å². The van der Waals surface area contributed by atoms with E-state index < -0.39 is 10.0 Å². The predicted molar refractivity (Wildman–Crippen MR) is 94.6 cm³/mol. The van der Waals surface area contributed by atoms with E-state index in [2.05, 4.69) is 25.6 Å². The zero-order valence-corrected chi connectivity index (χ0v) is 14.9. The standard InChI is InChI=1S/C17H15BrN2O2S/c1-12-10-14(6-7-16(12)18)23(21,22)20-11-13-8-9-19-17-5-3-2-4-15(13)17/h2-10,20H,11H2,1H3. The smallest absolute Gasteiger partial charge is 0.240 e. The van der Waals surface area contributed by atoms with Gasteiger partial charge in [-0.05, 0) is 48.4 Å². The van der Waals surface area contributed by atoms with Crippen molar-refractivity contribution in [3.63, 3.8) is 0 Å². The second kappa shape index (κ2) is 6.39. The first-order valence-corrected chi connectivity index (χ1v) is 9.33. The lowest BCUT2D eigenvalue weighted by Crippen LogP contribution is -2.23. The molecule has 23 heavy (non-hydrogen) atoms. The summed E-state index contributed by atoms with van der Waals surface area (Å²) in [7, 11) is -3.56. The Morgan fingerprint density at radius 1 is 1.13 bits per heavy atom. The normalized spacial score (nSPS) is 11.7. The van der Waals surface area contributed by atoms with Crippen molar-refractivity contribution in [3.8, 4) is 0 Å². The molecule has 6 heteroatoms. The van der Waals surface area contributed by atoms with Crippen molar-refractivity contribution < 1.29 is 8.42 Å². The largest absolute Gasteiger partial charge is 0.256 e. The fraction of sp³-hybridized carbons (Fsp3) is 0.118. The fourth-order valence-electron chi connectivity index (χ4n) is 2.35. The van der Waals surface area contributed by atoms with Crippen molar-refractivity contribution in [1.29, 1.82) is 0 Å². The molecule has 0 aliphatic heterocycles. The first-order valence-electron chi connectivity index (χ1n) is 7.06. The minimum atomic E-state index is -3.56. The molecule has 1 N–H and O–H groups in total. The van der Waals surface area contributed by atoms with Crippen LogP contribution in [0.3, 0.4) is 0 Å². The third-order valence-corrected chi connectivity index (χ3v) is 5.92. The van der Waals surface area contributed by atoms with Crippen LogP contribution in [0, 0.1) is 6.92 Å². The lowest BCUT2D eigenvalue weighted by molar-refractivity contribution is 0.581. The Labute approximate surface area is 143 Å². The second-order valence-corrected chi connectivity index (χ2v) is 7.84. The molecule has 0 bridgehead atoms. The average molecular weight is 391 g/mol. The molecule has 0 aliphatic carbocycles. The molecule has 0 amide bonds. The van der Waals surface area contributed by atoms with Crippen molar-refractivity contribution in [2.75, 3.05) is 0 Å². The molecule has 0 unspecified atom stereocenters. The molecule has 0 spiro atoms. The number of nitrogens with zero attached hydrogens (tertiary/aromatic N) is 1. The van der Waals surface area contributed by atoms with Crippen LogP contribution in [0.1, 0.15) is 11.1 Å².